The average Bonchev–Trinajstić information content (AvgIpc) is 2.59. The van der Waals surface area contributed by atoms with Crippen LogP contribution in [0.2, 0.25) is 0 Å². The molecule has 2 N–H and O–H groups in total. The summed E-state index contributed by atoms with van der Waals surface area (Å²) < 4.78 is 4.55. The maximum absolute atomic E-state index is 11.8. The lowest BCUT2D eigenvalue weighted by Crippen LogP contribution is -2.33. The maximum Gasteiger partial charge on any atom is 0.305 e. The topological polar surface area (TPSA) is 83.8 Å². The van der Waals surface area contributed by atoms with Gasteiger partial charge < -0.3 is 14.9 Å². The van der Waals surface area contributed by atoms with Gasteiger partial charge in [-0.1, -0.05) is 44.8 Å². The molecule has 0 aliphatic rings. The van der Waals surface area contributed by atoms with E-state index >= 15 is 0 Å². The van der Waals surface area contributed by atoms with E-state index in [-0.39, 0.29) is 18.2 Å². The fourth-order valence-electron chi connectivity index (χ4n) is 2.38. The van der Waals surface area contributed by atoms with Crippen molar-refractivity contribution in [2.45, 2.75) is 89.8 Å². The Kier molecular flexibility index (Phi) is 14.6. The number of ketones is 1. The van der Waals surface area contributed by atoms with E-state index < -0.39 is 12.2 Å². The molecule has 0 rings (SSSR count). The van der Waals surface area contributed by atoms with Gasteiger partial charge in [-0.05, 0) is 32.1 Å². The molecule has 0 aromatic rings. The Bertz CT molecular complexity index is 365. The van der Waals surface area contributed by atoms with Crippen molar-refractivity contribution in [2.24, 2.45) is 0 Å². The van der Waals surface area contributed by atoms with Gasteiger partial charge in [0.25, 0.3) is 0 Å². The fourth-order valence-corrected chi connectivity index (χ4v) is 2.38. The smallest absolute Gasteiger partial charge is 0.305 e. The third-order valence-electron chi connectivity index (χ3n) is 3.99. The van der Waals surface area contributed by atoms with Crippen molar-refractivity contribution in [1.82, 2.24) is 0 Å². The van der Waals surface area contributed by atoms with Crippen molar-refractivity contribution >= 4 is 11.8 Å². The number of carbonyl (C=O) groups is 2. The molecule has 5 nitrogen and oxygen atoms in total. The van der Waals surface area contributed by atoms with Crippen LogP contribution >= 0.6 is 0 Å². The standard InChI is InChI=1S/C19H34O5/c1-3-4-5-6-7-10-13-16(20)19(23)17(21)14-11-8-9-12-15-18(22)24-2/h7,10,16,19-20,23H,3-6,8-9,11-15H2,1-2H3/b10-7-/t16-,19+/m0/s1. The second kappa shape index (κ2) is 15.3. The van der Waals surface area contributed by atoms with E-state index in [0.717, 1.165) is 32.1 Å². The molecular formula is C19H34O5. The zero-order chi connectivity index (χ0) is 18.2. The summed E-state index contributed by atoms with van der Waals surface area (Å²) in [5.41, 5.74) is 0. The maximum atomic E-state index is 11.8. The van der Waals surface area contributed by atoms with Crippen LogP contribution in [0, 0.1) is 0 Å². The number of Topliss-reactive ketones (excluding diaryl/α,β-unsaturated/α-hetero) is 1. The molecule has 0 spiro atoms. The number of rotatable bonds is 15. The van der Waals surface area contributed by atoms with Gasteiger partial charge in [-0.15, -0.1) is 0 Å². The van der Waals surface area contributed by atoms with Crippen LogP contribution in [0.5, 0.6) is 0 Å². The minimum atomic E-state index is -1.31. The molecular weight excluding hydrogens is 308 g/mol. The first-order valence-electron chi connectivity index (χ1n) is 9.13. The van der Waals surface area contributed by atoms with Crippen LogP contribution in [0.4, 0.5) is 0 Å². The molecule has 0 unspecified atom stereocenters. The second-order valence-corrected chi connectivity index (χ2v) is 6.17. The Balaban J connectivity index is 3.75. The van der Waals surface area contributed by atoms with Gasteiger partial charge in [-0.25, -0.2) is 0 Å². The van der Waals surface area contributed by atoms with Crippen LogP contribution in [-0.4, -0.2) is 41.3 Å². The van der Waals surface area contributed by atoms with E-state index in [4.69, 9.17) is 0 Å². The summed E-state index contributed by atoms with van der Waals surface area (Å²) in [7, 11) is 1.37. The van der Waals surface area contributed by atoms with Crippen LogP contribution in [-0.2, 0) is 14.3 Å². The lowest BCUT2D eigenvalue weighted by molar-refractivity contribution is -0.140. The number of methoxy groups -OCH3 is 1. The number of aliphatic hydroxyl groups excluding tert-OH is 2. The highest BCUT2D eigenvalue weighted by molar-refractivity contribution is 5.83. The number of allylic oxidation sites excluding steroid dienone is 1. The van der Waals surface area contributed by atoms with Crippen molar-refractivity contribution in [1.29, 1.82) is 0 Å². The molecule has 24 heavy (non-hydrogen) atoms. The van der Waals surface area contributed by atoms with E-state index in [0.29, 0.717) is 19.3 Å². The zero-order valence-electron chi connectivity index (χ0n) is 15.2. The van der Waals surface area contributed by atoms with Gasteiger partial charge in [-0.3, -0.25) is 9.59 Å². The van der Waals surface area contributed by atoms with Crippen molar-refractivity contribution in [2.75, 3.05) is 7.11 Å². The number of hydrogen-bond donors (Lipinski definition) is 2. The first-order valence-corrected chi connectivity index (χ1v) is 9.13. The van der Waals surface area contributed by atoms with Crippen molar-refractivity contribution in [3.63, 3.8) is 0 Å². The van der Waals surface area contributed by atoms with Crippen LogP contribution in [0.15, 0.2) is 12.2 Å². The predicted octanol–water partition coefficient (Wildman–Crippen LogP) is 3.32. The van der Waals surface area contributed by atoms with Crippen LogP contribution in [0.25, 0.3) is 0 Å². The fraction of sp³-hybridized carbons (Fsp3) is 0.789. The summed E-state index contributed by atoms with van der Waals surface area (Å²) in [6, 6.07) is 0. The zero-order valence-corrected chi connectivity index (χ0v) is 15.2. The highest BCUT2D eigenvalue weighted by Crippen LogP contribution is 2.10. The third kappa shape index (κ3) is 12.3. The Morgan fingerprint density at radius 3 is 2.25 bits per heavy atom. The van der Waals surface area contributed by atoms with Crippen LogP contribution in [0.3, 0.4) is 0 Å². The number of unbranched alkanes of at least 4 members (excludes halogenated alkanes) is 6. The molecule has 140 valence electrons. The van der Waals surface area contributed by atoms with Gasteiger partial charge in [0, 0.05) is 12.8 Å². The van der Waals surface area contributed by atoms with Crippen molar-refractivity contribution in [3.05, 3.63) is 12.2 Å². The van der Waals surface area contributed by atoms with Gasteiger partial charge >= 0.3 is 5.97 Å². The Morgan fingerprint density at radius 1 is 0.958 bits per heavy atom. The van der Waals surface area contributed by atoms with Crippen LogP contribution < -0.4 is 0 Å². The first kappa shape index (κ1) is 22.8. The monoisotopic (exact) mass is 342 g/mol. The van der Waals surface area contributed by atoms with Gasteiger partial charge in [0.2, 0.25) is 0 Å². The highest BCUT2D eigenvalue weighted by atomic mass is 16.5. The molecule has 0 heterocycles. The van der Waals surface area contributed by atoms with Gasteiger partial charge in [0.1, 0.15) is 6.10 Å². The lowest BCUT2D eigenvalue weighted by atomic mass is 10.0. The molecule has 2 atom stereocenters. The molecule has 0 aliphatic heterocycles. The third-order valence-corrected chi connectivity index (χ3v) is 3.99. The molecule has 0 aliphatic carbocycles. The minimum Gasteiger partial charge on any atom is -0.469 e. The number of ether oxygens (including phenoxy) is 1. The SMILES string of the molecule is CCCCC/C=C\C[C@H](O)[C@@H](O)C(=O)CCCCCCC(=O)OC. The number of aliphatic hydroxyl groups is 2. The summed E-state index contributed by atoms with van der Waals surface area (Å²) in [6.07, 6.45) is 10.00. The molecule has 0 fully saturated rings. The lowest BCUT2D eigenvalue weighted by Gasteiger charge is -2.15. The second-order valence-electron chi connectivity index (χ2n) is 6.17. The summed E-state index contributed by atoms with van der Waals surface area (Å²) in [5, 5.41) is 19.7. The molecule has 0 amide bonds. The summed E-state index contributed by atoms with van der Waals surface area (Å²) in [4.78, 5) is 22.8. The summed E-state index contributed by atoms with van der Waals surface area (Å²) in [5.74, 6) is -0.526. The summed E-state index contributed by atoms with van der Waals surface area (Å²) in [6.45, 7) is 2.15. The Morgan fingerprint density at radius 2 is 1.62 bits per heavy atom. The molecule has 0 aromatic heterocycles. The molecule has 5 heteroatoms. The molecule has 0 bridgehead atoms. The Hall–Kier alpha value is -1.20. The number of hydrogen-bond acceptors (Lipinski definition) is 5. The van der Waals surface area contributed by atoms with Crippen LogP contribution in [0.1, 0.15) is 77.6 Å². The van der Waals surface area contributed by atoms with E-state index in [9.17, 15) is 19.8 Å². The normalized spacial score (nSPS) is 13.8. The first-order chi connectivity index (χ1) is 11.5. The number of carbonyl (C=O) groups excluding carboxylic acids is 2. The predicted molar refractivity (Wildman–Crippen MR) is 94.6 cm³/mol. The van der Waals surface area contributed by atoms with Gasteiger partial charge in [0.05, 0.1) is 13.2 Å². The highest BCUT2D eigenvalue weighted by Gasteiger charge is 2.22. The van der Waals surface area contributed by atoms with Crippen molar-refractivity contribution < 1.29 is 24.5 Å². The summed E-state index contributed by atoms with van der Waals surface area (Å²) >= 11 is 0. The minimum absolute atomic E-state index is 0.215. The molecule has 0 saturated carbocycles. The van der Waals surface area contributed by atoms with E-state index in [1.807, 2.05) is 12.2 Å². The Labute approximate surface area is 146 Å². The largest absolute Gasteiger partial charge is 0.469 e. The average molecular weight is 342 g/mol. The van der Waals surface area contributed by atoms with E-state index in [1.165, 1.54) is 20.0 Å². The quantitative estimate of drug-likeness (QED) is 0.271. The van der Waals surface area contributed by atoms with E-state index in [2.05, 4.69) is 11.7 Å². The van der Waals surface area contributed by atoms with Gasteiger partial charge in [0.15, 0.2) is 5.78 Å². The number of esters is 1. The van der Waals surface area contributed by atoms with Gasteiger partial charge in [-0.2, -0.15) is 0 Å². The molecule has 0 saturated heterocycles. The van der Waals surface area contributed by atoms with Crippen molar-refractivity contribution in [3.8, 4) is 0 Å². The molecule has 0 aromatic carbocycles. The van der Waals surface area contributed by atoms with E-state index in [1.54, 1.807) is 0 Å². The molecule has 0 radical (unpaired) electrons.